The Morgan fingerprint density at radius 2 is 1.82 bits per heavy atom. The van der Waals surface area contributed by atoms with Gasteiger partial charge in [-0.3, -0.25) is 4.79 Å². The smallest absolute Gasteiger partial charge is 0.266 e. The van der Waals surface area contributed by atoms with E-state index in [0.29, 0.717) is 12.5 Å². The molecule has 0 radical (unpaired) electrons. The van der Waals surface area contributed by atoms with Gasteiger partial charge >= 0.3 is 0 Å². The van der Waals surface area contributed by atoms with E-state index in [9.17, 15) is 4.79 Å². The third kappa shape index (κ3) is 3.96. The molecule has 0 saturated carbocycles. The van der Waals surface area contributed by atoms with E-state index >= 15 is 0 Å². The molecule has 0 N–H and O–H groups in total. The fraction of sp³-hybridized carbons (Fsp3) is 0.450. The van der Waals surface area contributed by atoms with Crippen LogP contribution in [-0.2, 0) is 6.54 Å². The summed E-state index contributed by atoms with van der Waals surface area (Å²) < 4.78 is 1.62. The summed E-state index contributed by atoms with van der Waals surface area (Å²) in [6.07, 6.45) is 5.70. The second-order valence-electron chi connectivity index (χ2n) is 7.38. The fourth-order valence-corrected chi connectivity index (χ4v) is 4.46. The van der Waals surface area contributed by atoms with Gasteiger partial charge in [0.1, 0.15) is 5.69 Å². The molecule has 4 heterocycles. The zero-order valence-corrected chi connectivity index (χ0v) is 17.2. The first-order valence-electron chi connectivity index (χ1n) is 9.56. The first kappa shape index (κ1) is 18.7. The minimum absolute atomic E-state index is 0.0491. The van der Waals surface area contributed by atoms with Crippen molar-refractivity contribution in [1.82, 2.24) is 24.7 Å². The minimum atomic E-state index is -0.0491. The number of aromatic nitrogens is 5. The van der Waals surface area contributed by atoms with Crippen LogP contribution < -0.4 is 10.5 Å². The lowest BCUT2D eigenvalue weighted by molar-refractivity contribution is 0.334. The van der Waals surface area contributed by atoms with Crippen LogP contribution in [-0.4, -0.2) is 37.8 Å². The average molecular weight is 397 g/mol. The Morgan fingerprint density at radius 3 is 2.46 bits per heavy atom. The summed E-state index contributed by atoms with van der Waals surface area (Å²) in [6, 6.07) is 3.42. The predicted molar refractivity (Wildman–Crippen MR) is 111 cm³/mol. The number of rotatable bonds is 4. The third-order valence-electron chi connectivity index (χ3n) is 5.10. The highest BCUT2D eigenvalue weighted by atomic mass is 32.1. The molecule has 1 fully saturated rings. The molecule has 8 heteroatoms. The van der Waals surface area contributed by atoms with Crippen LogP contribution in [0.25, 0.3) is 10.6 Å². The van der Waals surface area contributed by atoms with Crippen molar-refractivity contribution in [1.29, 1.82) is 0 Å². The molecule has 28 heavy (non-hydrogen) atoms. The maximum Gasteiger partial charge on any atom is 0.266 e. The highest BCUT2D eigenvalue weighted by Gasteiger charge is 2.22. The van der Waals surface area contributed by atoms with Crippen molar-refractivity contribution in [2.24, 2.45) is 5.92 Å². The molecule has 1 saturated heterocycles. The van der Waals surface area contributed by atoms with E-state index in [-0.39, 0.29) is 5.56 Å². The van der Waals surface area contributed by atoms with Gasteiger partial charge < -0.3 is 4.90 Å². The van der Waals surface area contributed by atoms with Gasteiger partial charge in [0.25, 0.3) is 5.56 Å². The zero-order chi connectivity index (χ0) is 19.7. The van der Waals surface area contributed by atoms with Crippen molar-refractivity contribution in [2.45, 2.75) is 40.2 Å². The summed E-state index contributed by atoms with van der Waals surface area (Å²) in [6.45, 7) is 8.40. The molecule has 3 aromatic heterocycles. The molecule has 4 rings (SSSR count). The molecular formula is C20H24N6OS. The maximum absolute atomic E-state index is 12.3. The molecule has 1 aliphatic heterocycles. The first-order chi connectivity index (χ1) is 13.5. The van der Waals surface area contributed by atoms with Gasteiger partial charge in [-0.25, -0.2) is 19.6 Å². The van der Waals surface area contributed by atoms with Gasteiger partial charge in [0.05, 0.1) is 15.6 Å². The molecule has 146 valence electrons. The van der Waals surface area contributed by atoms with Crippen LogP contribution >= 0.6 is 11.3 Å². The Hall–Kier alpha value is -2.61. The quantitative estimate of drug-likeness (QED) is 0.675. The maximum atomic E-state index is 12.3. The standard InChI is InChI=1S/C20H24N6OS/c1-13-10-21-20(22-11-13)25-8-6-16(7-9-25)12-26-18(27)5-4-17(24-26)19-14(2)23-15(3)28-19/h4-5,10-11,16H,6-9,12H2,1-3H3. The average Bonchev–Trinajstić information content (AvgIpc) is 3.03. The van der Waals surface area contributed by atoms with E-state index in [2.05, 4.69) is 25.0 Å². The molecule has 3 aromatic rings. The number of nitrogens with zero attached hydrogens (tertiary/aromatic N) is 6. The summed E-state index contributed by atoms with van der Waals surface area (Å²) in [4.78, 5) is 28.9. The van der Waals surface area contributed by atoms with Crippen molar-refractivity contribution in [3.05, 3.63) is 51.1 Å². The molecule has 0 aliphatic carbocycles. The second kappa shape index (κ2) is 7.79. The monoisotopic (exact) mass is 396 g/mol. The molecule has 0 amide bonds. The van der Waals surface area contributed by atoms with E-state index in [4.69, 9.17) is 0 Å². The van der Waals surface area contributed by atoms with E-state index < -0.39 is 0 Å². The Bertz CT molecular complexity index is 1020. The van der Waals surface area contributed by atoms with E-state index in [1.54, 1.807) is 28.2 Å². The molecule has 0 bridgehead atoms. The van der Waals surface area contributed by atoms with Gasteiger partial charge in [0.2, 0.25) is 5.95 Å². The van der Waals surface area contributed by atoms with Gasteiger partial charge in [-0.2, -0.15) is 5.10 Å². The summed E-state index contributed by atoms with van der Waals surface area (Å²) in [7, 11) is 0. The van der Waals surface area contributed by atoms with Gasteiger partial charge in [0, 0.05) is 38.1 Å². The normalized spacial score (nSPS) is 15.2. The number of thiazole rings is 1. The molecule has 0 aromatic carbocycles. The molecular weight excluding hydrogens is 372 g/mol. The van der Waals surface area contributed by atoms with Gasteiger partial charge in [-0.1, -0.05) is 0 Å². The Morgan fingerprint density at radius 1 is 1.11 bits per heavy atom. The largest absolute Gasteiger partial charge is 0.341 e. The Balaban J connectivity index is 1.45. The van der Waals surface area contributed by atoms with Crippen molar-refractivity contribution in [3.8, 4) is 10.6 Å². The van der Waals surface area contributed by atoms with Crippen LogP contribution in [0.1, 0.15) is 29.1 Å². The van der Waals surface area contributed by atoms with Gasteiger partial charge in [0.15, 0.2) is 0 Å². The third-order valence-corrected chi connectivity index (χ3v) is 6.19. The summed E-state index contributed by atoms with van der Waals surface area (Å²) in [5.74, 6) is 1.21. The van der Waals surface area contributed by atoms with Crippen molar-refractivity contribution < 1.29 is 0 Å². The van der Waals surface area contributed by atoms with Gasteiger partial charge in [-0.05, 0) is 51.2 Å². The predicted octanol–water partition coefficient (Wildman–Crippen LogP) is 3.00. The SMILES string of the molecule is Cc1cnc(N2CCC(Cn3nc(-c4sc(C)nc4C)ccc3=O)CC2)nc1. The first-order valence-corrected chi connectivity index (χ1v) is 10.4. The number of hydrogen-bond acceptors (Lipinski definition) is 7. The lowest BCUT2D eigenvalue weighted by atomic mass is 9.97. The van der Waals surface area contributed by atoms with E-state index in [1.807, 2.05) is 33.2 Å². The van der Waals surface area contributed by atoms with Crippen LogP contribution in [0.15, 0.2) is 29.3 Å². The van der Waals surface area contributed by atoms with Crippen molar-refractivity contribution >= 4 is 17.3 Å². The Labute approximate surface area is 168 Å². The van der Waals surface area contributed by atoms with Crippen LogP contribution in [0.5, 0.6) is 0 Å². The highest BCUT2D eigenvalue weighted by Crippen LogP contribution is 2.27. The summed E-state index contributed by atoms with van der Waals surface area (Å²) in [5.41, 5.74) is 2.81. The molecule has 1 aliphatic rings. The zero-order valence-electron chi connectivity index (χ0n) is 16.4. The van der Waals surface area contributed by atoms with Crippen molar-refractivity contribution in [3.63, 3.8) is 0 Å². The van der Waals surface area contributed by atoms with Crippen LogP contribution in [0.4, 0.5) is 5.95 Å². The van der Waals surface area contributed by atoms with E-state index in [1.165, 1.54) is 0 Å². The topological polar surface area (TPSA) is 76.8 Å². The lowest BCUT2D eigenvalue weighted by Crippen LogP contribution is -2.37. The van der Waals surface area contributed by atoms with Gasteiger partial charge in [-0.15, -0.1) is 11.3 Å². The number of anilines is 1. The minimum Gasteiger partial charge on any atom is -0.341 e. The summed E-state index contributed by atoms with van der Waals surface area (Å²) in [5, 5.41) is 5.65. The number of aryl methyl sites for hydroxylation is 3. The van der Waals surface area contributed by atoms with Crippen molar-refractivity contribution in [2.75, 3.05) is 18.0 Å². The molecule has 0 unspecified atom stereocenters. The molecule has 7 nitrogen and oxygen atoms in total. The van der Waals surface area contributed by atoms with Crippen LogP contribution in [0.3, 0.4) is 0 Å². The lowest BCUT2D eigenvalue weighted by Gasteiger charge is -2.32. The van der Waals surface area contributed by atoms with Crippen LogP contribution in [0.2, 0.25) is 0 Å². The highest BCUT2D eigenvalue weighted by molar-refractivity contribution is 7.15. The van der Waals surface area contributed by atoms with Crippen LogP contribution in [0, 0.1) is 26.7 Å². The van der Waals surface area contributed by atoms with E-state index in [0.717, 1.165) is 58.7 Å². The molecule has 0 spiro atoms. The fourth-order valence-electron chi connectivity index (χ4n) is 3.58. The second-order valence-corrected chi connectivity index (χ2v) is 8.58. The number of hydrogen-bond donors (Lipinski definition) is 0. The molecule has 0 atom stereocenters. The number of piperidine rings is 1. The summed E-state index contributed by atoms with van der Waals surface area (Å²) >= 11 is 1.62. The Kier molecular flexibility index (Phi) is 5.21.